The zero-order valence-corrected chi connectivity index (χ0v) is 16.6. The molecular formula is C18H36N2O4. The molecule has 1 unspecified atom stereocenters. The lowest BCUT2D eigenvalue weighted by molar-refractivity contribution is -0.193. The Kier molecular flexibility index (Phi) is 10.9. The van der Waals surface area contributed by atoms with Crippen LogP contribution in [-0.4, -0.2) is 48.2 Å². The monoisotopic (exact) mass is 344 g/mol. The third kappa shape index (κ3) is 9.23. The van der Waals surface area contributed by atoms with Gasteiger partial charge in [-0.25, -0.2) is 0 Å². The van der Waals surface area contributed by atoms with Crippen molar-refractivity contribution in [1.29, 1.82) is 0 Å². The molecule has 0 aliphatic rings. The van der Waals surface area contributed by atoms with E-state index in [1.807, 2.05) is 27.7 Å². The van der Waals surface area contributed by atoms with Crippen molar-refractivity contribution >= 4 is 11.9 Å². The number of rotatable bonds is 11. The number of carbonyl (C=O) groups excluding carboxylic acids is 2. The van der Waals surface area contributed by atoms with Gasteiger partial charge < -0.3 is 9.68 Å². The van der Waals surface area contributed by atoms with Crippen molar-refractivity contribution in [2.24, 2.45) is 11.3 Å². The number of hydrogen-bond donors (Lipinski definition) is 0. The summed E-state index contributed by atoms with van der Waals surface area (Å²) in [5, 5.41) is 3.26. The first-order valence-corrected chi connectivity index (χ1v) is 9.09. The van der Waals surface area contributed by atoms with Gasteiger partial charge in [0.05, 0.1) is 6.42 Å². The molecule has 0 N–H and O–H groups in total. The van der Waals surface area contributed by atoms with Crippen molar-refractivity contribution in [3.63, 3.8) is 0 Å². The molecule has 0 heterocycles. The van der Waals surface area contributed by atoms with Crippen molar-refractivity contribution < 1.29 is 19.3 Å². The quantitative estimate of drug-likeness (QED) is 0.535. The van der Waals surface area contributed by atoms with E-state index in [1.165, 1.54) is 0 Å². The molecule has 6 heteroatoms. The maximum absolute atomic E-state index is 12.2. The van der Waals surface area contributed by atoms with Crippen LogP contribution in [0.5, 0.6) is 0 Å². The zero-order chi connectivity index (χ0) is 18.8. The second-order valence-electron chi connectivity index (χ2n) is 6.96. The second-order valence-corrected chi connectivity index (χ2v) is 6.96. The first-order chi connectivity index (χ1) is 11.2. The summed E-state index contributed by atoms with van der Waals surface area (Å²) < 4.78 is 0. The van der Waals surface area contributed by atoms with E-state index in [4.69, 9.17) is 9.68 Å². The van der Waals surface area contributed by atoms with E-state index in [0.717, 1.165) is 0 Å². The summed E-state index contributed by atoms with van der Waals surface area (Å²) in [4.78, 5) is 34.8. The number of hydrogen-bond acceptors (Lipinski definition) is 6. The Morgan fingerprint density at radius 2 is 1.25 bits per heavy atom. The van der Waals surface area contributed by atoms with E-state index in [1.54, 1.807) is 10.1 Å². The highest BCUT2D eigenvalue weighted by atomic mass is 16.7. The number of hydroxylamine groups is 4. The van der Waals surface area contributed by atoms with Crippen LogP contribution in [0, 0.1) is 11.3 Å². The Morgan fingerprint density at radius 1 is 0.833 bits per heavy atom. The topological polar surface area (TPSA) is 59.1 Å². The first-order valence-electron chi connectivity index (χ1n) is 9.09. The Balaban J connectivity index is 4.58. The molecule has 0 aromatic heterocycles. The van der Waals surface area contributed by atoms with Crippen LogP contribution >= 0.6 is 0 Å². The van der Waals surface area contributed by atoms with Gasteiger partial charge >= 0.3 is 11.9 Å². The molecule has 0 rings (SSSR count). The van der Waals surface area contributed by atoms with Crippen LogP contribution in [0.2, 0.25) is 0 Å². The van der Waals surface area contributed by atoms with Crippen LogP contribution in [0.15, 0.2) is 0 Å². The maximum atomic E-state index is 12.2. The minimum absolute atomic E-state index is 0.0600. The molecule has 0 aliphatic carbocycles. The predicted octanol–water partition coefficient (Wildman–Crippen LogP) is 3.42. The summed E-state index contributed by atoms with van der Waals surface area (Å²) in [5.41, 5.74) is -0.0856. The van der Waals surface area contributed by atoms with Gasteiger partial charge in [0.15, 0.2) is 0 Å². The van der Waals surface area contributed by atoms with Crippen molar-refractivity contribution in [1.82, 2.24) is 10.1 Å². The summed E-state index contributed by atoms with van der Waals surface area (Å²) in [6.45, 7) is 16.7. The van der Waals surface area contributed by atoms with Crippen LogP contribution in [0.4, 0.5) is 0 Å². The molecule has 0 radical (unpaired) electrons. The van der Waals surface area contributed by atoms with Crippen molar-refractivity contribution in [3.8, 4) is 0 Å². The fourth-order valence-electron chi connectivity index (χ4n) is 2.41. The molecule has 0 amide bonds. The van der Waals surface area contributed by atoms with Crippen molar-refractivity contribution in [2.75, 3.05) is 26.2 Å². The smallest absolute Gasteiger partial charge is 0.325 e. The van der Waals surface area contributed by atoms with Gasteiger partial charge in [0.1, 0.15) is 0 Å². The molecule has 0 saturated carbocycles. The number of carbonyl (C=O) groups is 2. The average Bonchev–Trinajstić information content (AvgIpc) is 2.52. The molecule has 142 valence electrons. The predicted molar refractivity (Wildman–Crippen MR) is 94.8 cm³/mol. The maximum Gasteiger partial charge on any atom is 0.325 e. The minimum Gasteiger partial charge on any atom is -0.368 e. The van der Waals surface area contributed by atoms with Crippen LogP contribution in [0.1, 0.15) is 67.7 Å². The Labute approximate surface area is 147 Å². The molecule has 6 nitrogen and oxygen atoms in total. The Hall–Kier alpha value is -1.14. The minimum atomic E-state index is -0.245. The van der Waals surface area contributed by atoms with E-state index in [2.05, 4.69) is 20.8 Å². The van der Waals surface area contributed by atoms with Crippen LogP contribution in [0.3, 0.4) is 0 Å². The molecule has 24 heavy (non-hydrogen) atoms. The van der Waals surface area contributed by atoms with Gasteiger partial charge in [0.2, 0.25) is 0 Å². The molecule has 0 fully saturated rings. The molecular weight excluding hydrogens is 308 g/mol. The summed E-state index contributed by atoms with van der Waals surface area (Å²) in [6.07, 6.45) is 1.21. The number of nitrogens with zero attached hydrogens (tertiary/aromatic N) is 2. The summed E-state index contributed by atoms with van der Waals surface area (Å²) in [7, 11) is 0. The van der Waals surface area contributed by atoms with Gasteiger partial charge in [-0.1, -0.05) is 20.8 Å². The first kappa shape index (κ1) is 22.9. The van der Waals surface area contributed by atoms with Crippen molar-refractivity contribution in [3.05, 3.63) is 0 Å². The van der Waals surface area contributed by atoms with Crippen LogP contribution < -0.4 is 0 Å². The Morgan fingerprint density at radius 3 is 1.62 bits per heavy atom. The fourth-order valence-corrected chi connectivity index (χ4v) is 2.41. The standard InChI is InChI=1S/C18H36N2O4/c1-8-19(9-2)23-16(21)13-12-15(18(5,6)7)14-17(22)24-20(10-3)11-4/h15H,8-14H2,1-7H3. The van der Waals surface area contributed by atoms with Gasteiger partial charge in [0.25, 0.3) is 0 Å². The molecule has 0 aromatic rings. The molecule has 0 bridgehead atoms. The largest absolute Gasteiger partial charge is 0.368 e. The lowest BCUT2D eigenvalue weighted by Crippen LogP contribution is -2.31. The van der Waals surface area contributed by atoms with E-state index in [-0.39, 0.29) is 23.3 Å². The van der Waals surface area contributed by atoms with Gasteiger partial charge in [-0.05, 0) is 45.4 Å². The molecule has 0 aromatic carbocycles. The van der Waals surface area contributed by atoms with Crippen LogP contribution in [0.25, 0.3) is 0 Å². The third-order valence-corrected chi connectivity index (χ3v) is 4.21. The lowest BCUT2D eigenvalue weighted by atomic mass is 9.76. The fraction of sp³-hybridized carbons (Fsp3) is 0.889. The summed E-state index contributed by atoms with van der Waals surface area (Å²) in [6, 6.07) is 0. The van der Waals surface area contributed by atoms with E-state index in [9.17, 15) is 9.59 Å². The van der Waals surface area contributed by atoms with Gasteiger partial charge in [-0.2, -0.15) is 0 Å². The average molecular weight is 344 g/mol. The van der Waals surface area contributed by atoms with Gasteiger partial charge in [-0.15, -0.1) is 10.1 Å². The normalized spacial score (nSPS) is 13.2. The summed E-state index contributed by atoms with van der Waals surface area (Å²) >= 11 is 0. The lowest BCUT2D eigenvalue weighted by Gasteiger charge is -2.30. The summed E-state index contributed by atoms with van der Waals surface area (Å²) in [5.74, 6) is -0.425. The highest BCUT2D eigenvalue weighted by Gasteiger charge is 2.29. The van der Waals surface area contributed by atoms with Crippen molar-refractivity contribution in [2.45, 2.75) is 67.7 Å². The van der Waals surface area contributed by atoms with Crippen LogP contribution in [-0.2, 0) is 19.3 Å². The van der Waals surface area contributed by atoms with Gasteiger partial charge in [0, 0.05) is 32.6 Å². The SMILES string of the molecule is CCN(CC)OC(=O)CCC(CC(=O)ON(CC)CC)C(C)(C)C. The zero-order valence-electron chi connectivity index (χ0n) is 16.6. The highest BCUT2D eigenvalue weighted by Crippen LogP contribution is 2.33. The van der Waals surface area contributed by atoms with Gasteiger partial charge in [-0.3, -0.25) is 9.59 Å². The second kappa shape index (κ2) is 11.4. The third-order valence-electron chi connectivity index (χ3n) is 4.21. The van der Waals surface area contributed by atoms with E-state index >= 15 is 0 Å². The molecule has 0 spiro atoms. The Bertz CT molecular complexity index is 372. The molecule has 1 atom stereocenters. The highest BCUT2D eigenvalue weighted by molar-refractivity contribution is 5.70. The van der Waals surface area contributed by atoms with E-state index < -0.39 is 0 Å². The molecule has 0 aliphatic heterocycles. The molecule has 0 saturated heterocycles. The van der Waals surface area contributed by atoms with E-state index in [0.29, 0.717) is 45.4 Å².